The Bertz CT molecular complexity index is 680. The van der Waals surface area contributed by atoms with Crippen molar-refractivity contribution in [1.29, 1.82) is 0 Å². The molecule has 2 N–H and O–H groups in total. The Balaban J connectivity index is 1.77. The zero-order valence-corrected chi connectivity index (χ0v) is 16.0. The summed E-state index contributed by atoms with van der Waals surface area (Å²) >= 11 is 6.18. The lowest BCUT2D eigenvalue weighted by Crippen LogP contribution is -2.37. The summed E-state index contributed by atoms with van der Waals surface area (Å²) < 4.78 is 0. The number of halogens is 1. The highest BCUT2D eigenvalue weighted by Crippen LogP contribution is 2.14. The summed E-state index contributed by atoms with van der Waals surface area (Å²) in [5.41, 5.74) is 3.69. The fourth-order valence-corrected chi connectivity index (χ4v) is 2.78. The SMILES string of the molecule is CN=C(NCCc1ccccc1Cl)NCc1ccc(CN(C)C)cc1. The molecule has 0 radical (unpaired) electrons. The summed E-state index contributed by atoms with van der Waals surface area (Å²) in [4.78, 5) is 6.43. The molecular weight excluding hydrogens is 332 g/mol. The van der Waals surface area contributed by atoms with Gasteiger partial charge in [0.2, 0.25) is 0 Å². The summed E-state index contributed by atoms with van der Waals surface area (Å²) in [5, 5.41) is 7.48. The van der Waals surface area contributed by atoms with Gasteiger partial charge in [-0.3, -0.25) is 4.99 Å². The van der Waals surface area contributed by atoms with E-state index in [0.717, 1.165) is 42.6 Å². The molecule has 0 aliphatic rings. The van der Waals surface area contributed by atoms with E-state index in [1.807, 2.05) is 18.2 Å². The molecule has 0 amide bonds. The third-order valence-corrected chi connectivity index (χ3v) is 4.22. The molecule has 0 spiro atoms. The topological polar surface area (TPSA) is 39.7 Å². The maximum absolute atomic E-state index is 6.18. The van der Waals surface area contributed by atoms with E-state index in [1.165, 1.54) is 11.1 Å². The summed E-state index contributed by atoms with van der Waals surface area (Å²) in [6.07, 6.45) is 0.861. The number of benzene rings is 2. The van der Waals surface area contributed by atoms with Crippen LogP contribution in [0.4, 0.5) is 0 Å². The van der Waals surface area contributed by atoms with Gasteiger partial charge in [0, 0.05) is 31.7 Å². The van der Waals surface area contributed by atoms with Gasteiger partial charge in [0.05, 0.1) is 0 Å². The Hall–Kier alpha value is -2.04. The first-order valence-electron chi connectivity index (χ1n) is 8.49. The fraction of sp³-hybridized carbons (Fsp3) is 0.350. The number of hydrogen-bond donors (Lipinski definition) is 2. The maximum atomic E-state index is 6.18. The van der Waals surface area contributed by atoms with E-state index in [-0.39, 0.29) is 0 Å². The highest BCUT2D eigenvalue weighted by Gasteiger charge is 2.02. The zero-order valence-electron chi connectivity index (χ0n) is 15.2. The molecule has 0 unspecified atom stereocenters. The van der Waals surface area contributed by atoms with Crippen molar-refractivity contribution in [3.63, 3.8) is 0 Å². The molecule has 0 saturated heterocycles. The van der Waals surface area contributed by atoms with Gasteiger partial charge in [-0.25, -0.2) is 0 Å². The number of rotatable bonds is 7. The third kappa shape index (κ3) is 6.77. The quantitative estimate of drug-likeness (QED) is 0.589. The van der Waals surface area contributed by atoms with Crippen LogP contribution in [0.1, 0.15) is 16.7 Å². The highest BCUT2D eigenvalue weighted by molar-refractivity contribution is 6.31. The molecule has 0 aliphatic carbocycles. The number of nitrogens with one attached hydrogen (secondary N) is 2. The van der Waals surface area contributed by atoms with E-state index in [1.54, 1.807) is 7.05 Å². The van der Waals surface area contributed by atoms with E-state index < -0.39 is 0 Å². The van der Waals surface area contributed by atoms with E-state index >= 15 is 0 Å². The Morgan fingerprint density at radius 2 is 1.68 bits per heavy atom. The van der Waals surface area contributed by atoms with Crippen LogP contribution in [0.3, 0.4) is 0 Å². The van der Waals surface area contributed by atoms with Gasteiger partial charge in [-0.1, -0.05) is 54.1 Å². The largest absolute Gasteiger partial charge is 0.356 e. The number of guanidine groups is 1. The van der Waals surface area contributed by atoms with Crippen LogP contribution in [0.25, 0.3) is 0 Å². The summed E-state index contributed by atoms with van der Waals surface area (Å²) in [6.45, 7) is 2.48. The second kappa shape index (κ2) is 10.1. The van der Waals surface area contributed by atoms with Crippen LogP contribution in [0.2, 0.25) is 5.02 Å². The second-order valence-electron chi connectivity index (χ2n) is 6.25. The van der Waals surface area contributed by atoms with Crippen molar-refractivity contribution in [2.75, 3.05) is 27.7 Å². The molecule has 5 heteroatoms. The van der Waals surface area contributed by atoms with Crippen LogP contribution < -0.4 is 10.6 Å². The van der Waals surface area contributed by atoms with Gasteiger partial charge >= 0.3 is 0 Å². The second-order valence-corrected chi connectivity index (χ2v) is 6.66. The van der Waals surface area contributed by atoms with Crippen LogP contribution in [0.15, 0.2) is 53.5 Å². The molecule has 2 rings (SSSR count). The molecule has 134 valence electrons. The number of nitrogens with zero attached hydrogens (tertiary/aromatic N) is 2. The Labute approximate surface area is 155 Å². The third-order valence-electron chi connectivity index (χ3n) is 3.85. The van der Waals surface area contributed by atoms with Crippen LogP contribution >= 0.6 is 11.6 Å². The molecule has 2 aromatic rings. The van der Waals surface area contributed by atoms with E-state index in [2.05, 4.69) is 65.0 Å². The minimum Gasteiger partial charge on any atom is -0.356 e. The molecule has 0 bridgehead atoms. The van der Waals surface area contributed by atoms with Gasteiger partial charge in [0.15, 0.2) is 5.96 Å². The molecule has 0 aromatic heterocycles. The molecule has 0 atom stereocenters. The van der Waals surface area contributed by atoms with Crippen molar-refractivity contribution >= 4 is 17.6 Å². The molecule has 0 fully saturated rings. The average Bonchev–Trinajstić information content (AvgIpc) is 2.60. The molecular formula is C20H27ClN4. The monoisotopic (exact) mass is 358 g/mol. The molecule has 0 heterocycles. The first-order valence-corrected chi connectivity index (χ1v) is 8.86. The molecule has 4 nitrogen and oxygen atoms in total. The first kappa shape index (κ1) is 19.3. The van der Waals surface area contributed by atoms with Gasteiger partial charge in [-0.15, -0.1) is 0 Å². The molecule has 25 heavy (non-hydrogen) atoms. The first-order chi connectivity index (χ1) is 12.1. The Kier molecular flexibility index (Phi) is 7.76. The molecule has 0 saturated carbocycles. The fourth-order valence-electron chi connectivity index (χ4n) is 2.55. The van der Waals surface area contributed by atoms with Crippen molar-refractivity contribution in [1.82, 2.24) is 15.5 Å². The van der Waals surface area contributed by atoms with Crippen LogP contribution in [-0.2, 0) is 19.5 Å². The standard InChI is InChI=1S/C20H27ClN4/c1-22-20(23-13-12-18-6-4-5-7-19(18)21)24-14-16-8-10-17(11-9-16)15-25(2)3/h4-11H,12-15H2,1-3H3,(H2,22,23,24). The average molecular weight is 359 g/mol. The van der Waals surface area contributed by atoms with Crippen LogP contribution in [-0.4, -0.2) is 38.5 Å². The summed E-state index contributed by atoms with van der Waals surface area (Å²) in [5.74, 6) is 0.796. The van der Waals surface area contributed by atoms with Gasteiger partial charge in [-0.2, -0.15) is 0 Å². The van der Waals surface area contributed by atoms with Crippen molar-refractivity contribution in [3.05, 3.63) is 70.2 Å². The minimum absolute atomic E-state index is 0.744. The predicted octanol–water partition coefficient (Wildman–Crippen LogP) is 3.31. The van der Waals surface area contributed by atoms with Crippen molar-refractivity contribution in [2.24, 2.45) is 4.99 Å². The molecule has 2 aromatic carbocycles. The lowest BCUT2D eigenvalue weighted by molar-refractivity contribution is 0.402. The Morgan fingerprint density at radius 3 is 2.32 bits per heavy atom. The van der Waals surface area contributed by atoms with E-state index in [0.29, 0.717) is 0 Å². The number of hydrogen-bond acceptors (Lipinski definition) is 2. The van der Waals surface area contributed by atoms with Crippen molar-refractivity contribution < 1.29 is 0 Å². The van der Waals surface area contributed by atoms with Gasteiger partial charge < -0.3 is 15.5 Å². The van der Waals surface area contributed by atoms with Gasteiger partial charge in [0.25, 0.3) is 0 Å². The van der Waals surface area contributed by atoms with Crippen LogP contribution in [0.5, 0.6) is 0 Å². The molecule has 0 aliphatic heterocycles. The van der Waals surface area contributed by atoms with Gasteiger partial charge in [-0.05, 0) is 43.3 Å². The number of aliphatic imine (C=N–C) groups is 1. The maximum Gasteiger partial charge on any atom is 0.191 e. The summed E-state index contributed by atoms with van der Waals surface area (Å²) in [6, 6.07) is 16.6. The lowest BCUT2D eigenvalue weighted by Gasteiger charge is -2.13. The van der Waals surface area contributed by atoms with E-state index in [9.17, 15) is 0 Å². The van der Waals surface area contributed by atoms with E-state index in [4.69, 9.17) is 11.6 Å². The predicted molar refractivity (Wildman–Crippen MR) is 107 cm³/mol. The van der Waals surface area contributed by atoms with Crippen molar-refractivity contribution in [3.8, 4) is 0 Å². The van der Waals surface area contributed by atoms with Crippen LogP contribution in [0, 0.1) is 0 Å². The lowest BCUT2D eigenvalue weighted by atomic mass is 10.1. The highest BCUT2D eigenvalue weighted by atomic mass is 35.5. The summed E-state index contributed by atoms with van der Waals surface area (Å²) in [7, 11) is 5.94. The zero-order chi connectivity index (χ0) is 18.1. The minimum atomic E-state index is 0.744. The van der Waals surface area contributed by atoms with Gasteiger partial charge in [0.1, 0.15) is 0 Å². The normalized spacial score (nSPS) is 11.6. The Morgan fingerprint density at radius 1 is 1.00 bits per heavy atom. The smallest absolute Gasteiger partial charge is 0.191 e. The van der Waals surface area contributed by atoms with Crippen molar-refractivity contribution in [2.45, 2.75) is 19.5 Å².